The number of aliphatic hydroxyl groups is 1. The summed E-state index contributed by atoms with van der Waals surface area (Å²) in [7, 11) is 0. The van der Waals surface area contributed by atoms with Crippen LogP contribution in [-0.2, 0) is 9.59 Å². The van der Waals surface area contributed by atoms with Crippen LogP contribution in [0.25, 0.3) is 0 Å². The number of unbranched alkanes of at least 4 members (excludes halogenated alkanes) is 2. The van der Waals surface area contributed by atoms with Crippen LogP contribution in [0.5, 0.6) is 0 Å². The molecule has 22 heavy (non-hydrogen) atoms. The number of carboxylic acid groups (broad SMARTS) is 2. The zero-order valence-electron chi connectivity index (χ0n) is 13.8. The predicted octanol–water partition coefficient (Wildman–Crippen LogP) is 0.544. The molecule has 0 aliphatic heterocycles. The van der Waals surface area contributed by atoms with E-state index in [-0.39, 0.29) is 17.6 Å². The molecule has 6 nitrogen and oxygen atoms in total. The normalized spacial score (nSPS) is 17.1. The highest BCUT2D eigenvalue weighted by Gasteiger charge is 2.43. The van der Waals surface area contributed by atoms with Crippen molar-refractivity contribution in [2.75, 3.05) is 19.7 Å². The van der Waals surface area contributed by atoms with Gasteiger partial charge in [-0.1, -0.05) is 19.1 Å². The number of carbonyl (C=O) groups is 2. The molecule has 2 N–H and O–H groups in total. The quantitative estimate of drug-likeness (QED) is 0.311. The number of quaternary nitrogens is 1. The molecular formula is C16H29NO5. The molecule has 0 aliphatic carbocycles. The molecule has 128 valence electrons. The van der Waals surface area contributed by atoms with Crippen LogP contribution in [0.3, 0.4) is 0 Å². The molecule has 0 heterocycles. The Hall–Kier alpha value is -1.40. The van der Waals surface area contributed by atoms with Crippen molar-refractivity contribution >= 4 is 11.9 Å². The van der Waals surface area contributed by atoms with Crippen LogP contribution in [0, 0.1) is 0 Å². The van der Waals surface area contributed by atoms with Gasteiger partial charge in [0.15, 0.2) is 6.04 Å². The first-order chi connectivity index (χ1) is 10.3. The lowest BCUT2D eigenvalue weighted by atomic mass is 10.1. The largest absolute Gasteiger partial charge is 0.544 e. The SMILES string of the molecule is CC/C=C/CCCC[N+](CCO)(C(C)C(=O)[O-])C(C)C(=O)O. The third-order valence-corrected chi connectivity index (χ3v) is 4.36. The average molecular weight is 315 g/mol. The maximum atomic E-state index is 11.4. The van der Waals surface area contributed by atoms with E-state index in [0.717, 1.165) is 19.3 Å². The Balaban J connectivity index is 5.07. The Morgan fingerprint density at radius 3 is 2.23 bits per heavy atom. The molecule has 0 radical (unpaired) electrons. The summed E-state index contributed by atoms with van der Waals surface area (Å²) in [6.07, 6.45) is 7.55. The summed E-state index contributed by atoms with van der Waals surface area (Å²) < 4.78 is -0.189. The van der Waals surface area contributed by atoms with Crippen LogP contribution in [0.2, 0.25) is 0 Å². The predicted molar refractivity (Wildman–Crippen MR) is 81.9 cm³/mol. The maximum Gasteiger partial charge on any atom is 0.362 e. The van der Waals surface area contributed by atoms with Gasteiger partial charge in [0.05, 0.1) is 19.1 Å². The smallest absolute Gasteiger partial charge is 0.362 e. The van der Waals surface area contributed by atoms with Crippen molar-refractivity contribution in [1.82, 2.24) is 0 Å². The summed E-state index contributed by atoms with van der Waals surface area (Å²) in [5.41, 5.74) is 0. The Morgan fingerprint density at radius 1 is 1.14 bits per heavy atom. The van der Waals surface area contributed by atoms with Gasteiger partial charge in [-0.15, -0.1) is 0 Å². The number of hydrogen-bond acceptors (Lipinski definition) is 4. The van der Waals surface area contributed by atoms with Crippen LogP contribution >= 0.6 is 0 Å². The number of rotatable bonds is 12. The number of nitrogens with zero attached hydrogens (tertiary/aromatic N) is 1. The molecule has 0 aromatic heterocycles. The second-order valence-corrected chi connectivity index (χ2v) is 5.66. The van der Waals surface area contributed by atoms with Crippen molar-refractivity contribution in [2.24, 2.45) is 0 Å². The molecule has 3 atom stereocenters. The molecule has 0 rings (SSSR count). The van der Waals surface area contributed by atoms with E-state index in [2.05, 4.69) is 19.1 Å². The van der Waals surface area contributed by atoms with Crippen LogP contribution < -0.4 is 5.11 Å². The fourth-order valence-electron chi connectivity index (χ4n) is 2.79. The molecule has 0 amide bonds. The highest BCUT2D eigenvalue weighted by atomic mass is 16.4. The van der Waals surface area contributed by atoms with E-state index in [1.54, 1.807) is 0 Å². The van der Waals surface area contributed by atoms with E-state index < -0.39 is 24.0 Å². The number of carboxylic acids is 2. The molecule has 0 bridgehead atoms. The molecule has 0 aromatic rings. The Morgan fingerprint density at radius 2 is 1.77 bits per heavy atom. The topological polar surface area (TPSA) is 97.7 Å². The maximum absolute atomic E-state index is 11.4. The highest BCUT2D eigenvalue weighted by Crippen LogP contribution is 2.22. The summed E-state index contributed by atoms with van der Waals surface area (Å²) in [6, 6.07) is -1.89. The second-order valence-electron chi connectivity index (χ2n) is 5.66. The fraction of sp³-hybridized carbons (Fsp3) is 0.750. The standard InChI is InChI=1S/C16H29NO5/c1-4-5-6-7-8-9-10-17(11-12-18,13(2)15(19)20)14(3)16(21)22/h5-6,13-14,18H,4,7-12H2,1-3H3,(H-,19,20,21,22)/b6-5+. The van der Waals surface area contributed by atoms with Gasteiger partial charge in [-0.05, 0) is 39.5 Å². The van der Waals surface area contributed by atoms with Gasteiger partial charge in [0, 0.05) is 0 Å². The van der Waals surface area contributed by atoms with Crippen molar-refractivity contribution in [3.8, 4) is 0 Å². The van der Waals surface area contributed by atoms with Crippen LogP contribution in [0.4, 0.5) is 0 Å². The summed E-state index contributed by atoms with van der Waals surface area (Å²) in [6.45, 7) is 5.23. The molecule has 6 heteroatoms. The number of carbonyl (C=O) groups excluding carboxylic acids is 1. The summed E-state index contributed by atoms with van der Waals surface area (Å²) in [5.74, 6) is -2.35. The fourth-order valence-corrected chi connectivity index (χ4v) is 2.79. The Kier molecular flexibility index (Phi) is 9.69. The minimum absolute atomic E-state index is 0.0907. The molecule has 0 saturated heterocycles. The van der Waals surface area contributed by atoms with Crippen molar-refractivity contribution in [2.45, 2.75) is 58.5 Å². The first kappa shape index (κ1) is 20.6. The molecule has 0 aliphatic rings. The molecule has 0 fully saturated rings. The first-order valence-corrected chi connectivity index (χ1v) is 7.89. The van der Waals surface area contributed by atoms with E-state index in [1.165, 1.54) is 13.8 Å². The van der Waals surface area contributed by atoms with Gasteiger partial charge >= 0.3 is 5.97 Å². The zero-order valence-corrected chi connectivity index (χ0v) is 13.8. The van der Waals surface area contributed by atoms with Gasteiger partial charge < -0.3 is 24.6 Å². The van der Waals surface area contributed by atoms with Crippen molar-refractivity contribution in [3.63, 3.8) is 0 Å². The molecule has 0 spiro atoms. The third-order valence-electron chi connectivity index (χ3n) is 4.36. The number of aliphatic hydroxyl groups excluding tert-OH is 1. The minimum atomic E-state index is -1.28. The zero-order chi connectivity index (χ0) is 17.2. The number of hydrogen-bond donors (Lipinski definition) is 2. The minimum Gasteiger partial charge on any atom is -0.544 e. The van der Waals surface area contributed by atoms with Crippen molar-refractivity contribution in [3.05, 3.63) is 12.2 Å². The number of allylic oxidation sites excluding steroid dienone is 2. The second kappa shape index (κ2) is 10.3. The van der Waals surface area contributed by atoms with Gasteiger partial charge in [-0.25, -0.2) is 4.79 Å². The lowest BCUT2D eigenvalue weighted by Gasteiger charge is -2.46. The van der Waals surface area contributed by atoms with Gasteiger partial charge in [-0.2, -0.15) is 0 Å². The Labute approximate surface area is 132 Å². The summed E-state index contributed by atoms with van der Waals surface area (Å²) in [5, 5.41) is 29.9. The van der Waals surface area contributed by atoms with Crippen LogP contribution in [0.1, 0.15) is 46.5 Å². The van der Waals surface area contributed by atoms with Gasteiger partial charge in [-0.3, -0.25) is 0 Å². The number of aliphatic carboxylic acids is 2. The van der Waals surface area contributed by atoms with E-state index in [4.69, 9.17) is 0 Å². The average Bonchev–Trinajstić information content (AvgIpc) is 2.47. The van der Waals surface area contributed by atoms with E-state index in [0.29, 0.717) is 13.0 Å². The van der Waals surface area contributed by atoms with Gasteiger partial charge in [0.25, 0.3) is 0 Å². The van der Waals surface area contributed by atoms with Crippen molar-refractivity contribution < 1.29 is 29.4 Å². The van der Waals surface area contributed by atoms with Crippen LogP contribution in [0.15, 0.2) is 12.2 Å². The monoisotopic (exact) mass is 315 g/mol. The summed E-state index contributed by atoms with van der Waals surface area (Å²) >= 11 is 0. The van der Waals surface area contributed by atoms with Crippen molar-refractivity contribution in [1.29, 1.82) is 0 Å². The van der Waals surface area contributed by atoms with E-state index in [1.807, 2.05) is 0 Å². The molecule has 3 unspecified atom stereocenters. The molecule has 0 aromatic carbocycles. The van der Waals surface area contributed by atoms with E-state index >= 15 is 0 Å². The summed E-state index contributed by atoms with van der Waals surface area (Å²) in [4.78, 5) is 22.7. The van der Waals surface area contributed by atoms with Gasteiger partial charge in [0.1, 0.15) is 12.6 Å². The molecular weight excluding hydrogens is 286 g/mol. The highest BCUT2D eigenvalue weighted by molar-refractivity contribution is 5.73. The van der Waals surface area contributed by atoms with E-state index in [9.17, 15) is 24.9 Å². The lowest BCUT2D eigenvalue weighted by Crippen LogP contribution is -2.67. The van der Waals surface area contributed by atoms with Gasteiger partial charge in [0.2, 0.25) is 0 Å². The van der Waals surface area contributed by atoms with Crippen LogP contribution in [-0.4, -0.2) is 58.4 Å². The third kappa shape index (κ3) is 5.77. The Bertz CT molecular complexity index is 361. The lowest BCUT2D eigenvalue weighted by molar-refractivity contribution is -0.956. The first-order valence-electron chi connectivity index (χ1n) is 7.89. The molecule has 0 saturated carbocycles.